The van der Waals surface area contributed by atoms with Crippen LogP contribution in [0.3, 0.4) is 0 Å². The standard InChI is InChI=1S/C26H23N3O2S/c1-16-7-14-21-23(15-16)32-25(28-21)17-10-12-19(13-11-17)27-24(30)20-5-3-4-6-22(20)29(2)26(31)18-8-9-18/h3-7,10-15,18H,8-9H2,1-2H3,(H,27,30). The highest BCUT2D eigenvalue weighted by Crippen LogP contribution is 2.34. The molecule has 5 nitrogen and oxygen atoms in total. The van der Waals surface area contributed by atoms with E-state index in [2.05, 4.69) is 24.4 Å². The van der Waals surface area contributed by atoms with Gasteiger partial charge >= 0.3 is 0 Å². The highest BCUT2D eigenvalue weighted by atomic mass is 32.1. The number of carbonyl (C=O) groups excluding carboxylic acids is 2. The number of thiazole rings is 1. The van der Waals surface area contributed by atoms with Crippen molar-refractivity contribution in [2.45, 2.75) is 19.8 Å². The molecule has 160 valence electrons. The first-order valence-corrected chi connectivity index (χ1v) is 11.5. The molecule has 0 radical (unpaired) electrons. The molecule has 4 aromatic rings. The zero-order valence-corrected chi connectivity index (χ0v) is 18.8. The van der Waals surface area contributed by atoms with E-state index in [0.29, 0.717) is 16.9 Å². The van der Waals surface area contributed by atoms with E-state index in [4.69, 9.17) is 4.98 Å². The fraction of sp³-hybridized carbons (Fsp3) is 0.192. The summed E-state index contributed by atoms with van der Waals surface area (Å²) < 4.78 is 1.17. The third-order valence-corrected chi connectivity index (χ3v) is 6.77. The molecular weight excluding hydrogens is 418 g/mol. The van der Waals surface area contributed by atoms with Crippen LogP contribution in [-0.2, 0) is 4.79 Å². The fourth-order valence-corrected chi connectivity index (χ4v) is 4.80. The van der Waals surface area contributed by atoms with Crippen molar-refractivity contribution in [1.82, 2.24) is 4.98 Å². The number of rotatable bonds is 5. The number of hydrogen-bond donors (Lipinski definition) is 1. The molecule has 6 heteroatoms. The molecule has 32 heavy (non-hydrogen) atoms. The smallest absolute Gasteiger partial charge is 0.257 e. The lowest BCUT2D eigenvalue weighted by molar-refractivity contribution is -0.119. The first-order valence-electron chi connectivity index (χ1n) is 10.7. The minimum absolute atomic E-state index is 0.0700. The third kappa shape index (κ3) is 4.01. The van der Waals surface area contributed by atoms with E-state index < -0.39 is 0 Å². The number of anilines is 2. The average Bonchev–Trinajstić information content (AvgIpc) is 3.58. The zero-order chi connectivity index (χ0) is 22.2. The van der Waals surface area contributed by atoms with Crippen LogP contribution in [0.4, 0.5) is 11.4 Å². The van der Waals surface area contributed by atoms with Crippen molar-refractivity contribution >= 4 is 44.7 Å². The molecule has 5 rings (SSSR count). The maximum Gasteiger partial charge on any atom is 0.257 e. The molecule has 0 unspecified atom stereocenters. The number of para-hydroxylation sites is 1. The van der Waals surface area contributed by atoms with Gasteiger partial charge in [-0.1, -0.05) is 18.2 Å². The maximum absolute atomic E-state index is 13.0. The Balaban J connectivity index is 1.34. The molecule has 1 saturated carbocycles. The molecular formula is C26H23N3O2S. The summed E-state index contributed by atoms with van der Waals surface area (Å²) in [6, 6.07) is 21.2. The van der Waals surface area contributed by atoms with Crippen LogP contribution in [0.25, 0.3) is 20.8 Å². The summed E-state index contributed by atoms with van der Waals surface area (Å²) in [6.07, 6.45) is 1.86. The van der Waals surface area contributed by atoms with E-state index in [-0.39, 0.29) is 17.7 Å². The predicted molar refractivity (Wildman–Crippen MR) is 130 cm³/mol. The summed E-state index contributed by atoms with van der Waals surface area (Å²) >= 11 is 1.66. The topological polar surface area (TPSA) is 62.3 Å². The molecule has 1 aliphatic rings. The Bertz CT molecular complexity index is 1320. The molecule has 1 heterocycles. The molecule has 0 bridgehead atoms. The first-order chi connectivity index (χ1) is 15.5. The minimum Gasteiger partial charge on any atom is -0.322 e. The predicted octanol–water partition coefficient (Wildman–Crippen LogP) is 5.90. The van der Waals surface area contributed by atoms with Gasteiger partial charge in [-0.3, -0.25) is 9.59 Å². The SMILES string of the molecule is Cc1ccc2nc(-c3ccc(NC(=O)c4ccccc4N(C)C(=O)C4CC4)cc3)sc2c1. The second-order valence-corrected chi connectivity index (χ2v) is 9.24. The van der Waals surface area contributed by atoms with Crippen molar-refractivity contribution in [3.8, 4) is 10.6 Å². The van der Waals surface area contributed by atoms with Gasteiger partial charge in [-0.2, -0.15) is 0 Å². The van der Waals surface area contributed by atoms with Crippen LogP contribution in [0.1, 0.15) is 28.8 Å². The average molecular weight is 442 g/mol. The molecule has 1 aromatic heterocycles. The second-order valence-electron chi connectivity index (χ2n) is 8.21. The van der Waals surface area contributed by atoms with E-state index in [1.54, 1.807) is 29.4 Å². The normalized spacial score (nSPS) is 13.2. The molecule has 0 atom stereocenters. The molecule has 1 N–H and O–H groups in total. The minimum atomic E-state index is -0.237. The quantitative estimate of drug-likeness (QED) is 0.420. The number of amides is 2. The first kappa shape index (κ1) is 20.4. The van der Waals surface area contributed by atoms with Crippen molar-refractivity contribution in [2.24, 2.45) is 5.92 Å². The number of aryl methyl sites for hydroxylation is 1. The van der Waals surface area contributed by atoms with Gasteiger partial charge in [0, 0.05) is 24.2 Å². The zero-order valence-electron chi connectivity index (χ0n) is 18.0. The number of nitrogens with zero attached hydrogens (tertiary/aromatic N) is 2. The van der Waals surface area contributed by atoms with Crippen molar-refractivity contribution in [2.75, 3.05) is 17.3 Å². The molecule has 0 saturated heterocycles. The molecule has 1 fully saturated rings. The number of carbonyl (C=O) groups is 2. The van der Waals surface area contributed by atoms with E-state index in [1.807, 2.05) is 48.5 Å². The molecule has 0 spiro atoms. The van der Waals surface area contributed by atoms with E-state index in [9.17, 15) is 9.59 Å². The van der Waals surface area contributed by atoms with Crippen LogP contribution in [0.2, 0.25) is 0 Å². The summed E-state index contributed by atoms with van der Waals surface area (Å²) in [4.78, 5) is 31.8. The maximum atomic E-state index is 13.0. The highest BCUT2D eigenvalue weighted by Gasteiger charge is 2.33. The van der Waals surface area contributed by atoms with Crippen molar-refractivity contribution < 1.29 is 9.59 Å². The second kappa shape index (κ2) is 8.20. The van der Waals surface area contributed by atoms with Crippen LogP contribution in [0.15, 0.2) is 66.7 Å². The summed E-state index contributed by atoms with van der Waals surface area (Å²) in [7, 11) is 1.74. The Morgan fingerprint density at radius 2 is 1.78 bits per heavy atom. The number of nitrogens with one attached hydrogen (secondary N) is 1. The van der Waals surface area contributed by atoms with Gasteiger partial charge in [-0.15, -0.1) is 11.3 Å². The lowest BCUT2D eigenvalue weighted by Crippen LogP contribution is -2.29. The Morgan fingerprint density at radius 3 is 2.53 bits per heavy atom. The van der Waals surface area contributed by atoms with Gasteiger partial charge in [0.25, 0.3) is 5.91 Å². The molecule has 0 aliphatic heterocycles. The van der Waals surface area contributed by atoms with Gasteiger partial charge in [0.05, 0.1) is 21.5 Å². The van der Waals surface area contributed by atoms with Gasteiger partial charge in [0.1, 0.15) is 5.01 Å². The molecule has 2 amide bonds. The Kier molecular flexibility index (Phi) is 5.23. The van der Waals surface area contributed by atoms with E-state index >= 15 is 0 Å². The van der Waals surface area contributed by atoms with Gasteiger partial charge in [-0.05, 0) is 73.9 Å². The van der Waals surface area contributed by atoms with Gasteiger partial charge < -0.3 is 10.2 Å². The van der Waals surface area contributed by atoms with Crippen LogP contribution in [-0.4, -0.2) is 23.8 Å². The van der Waals surface area contributed by atoms with Crippen LogP contribution in [0.5, 0.6) is 0 Å². The highest BCUT2D eigenvalue weighted by molar-refractivity contribution is 7.21. The Morgan fingerprint density at radius 1 is 1.03 bits per heavy atom. The van der Waals surface area contributed by atoms with Crippen molar-refractivity contribution in [1.29, 1.82) is 0 Å². The van der Waals surface area contributed by atoms with Crippen molar-refractivity contribution in [3.63, 3.8) is 0 Å². The van der Waals surface area contributed by atoms with Gasteiger partial charge in [0.15, 0.2) is 0 Å². The van der Waals surface area contributed by atoms with E-state index in [0.717, 1.165) is 28.9 Å². The van der Waals surface area contributed by atoms with Crippen molar-refractivity contribution in [3.05, 3.63) is 77.9 Å². The number of benzene rings is 3. The number of fused-ring (bicyclic) bond motifs is 1. The Labute approximate surface area is 190 Å². The van der Waals surface area contributed by atoms with E-state index in [1.165, 1.54) is 10.3 Å². The fourth-order valence-electron chi connectivity index (χ4n) is 3.73. The lowest BCUT2D eigenvalue weighted by atomic mass is 10.1. The number of aromatic nitrogens is 1. The monoisotopic (exact) mass is 441 g/mol. The third-order valence-electron chi connectivity index (χ3n) is 5.70. The summed E-state index contributed by atoms with van der Waals surface area (Å²) in [5, 5.41) is 3.91. The number of hydrogen-bond acceptors (Lipinski definition) is 4. The Hall–Kier alpha value is -3.51. The summed E-state index contributed by atoms with van der Waals surface area (Å²) in [5.41, 5.74) is 5.03. The summed E-state index contributed by atoms with van der Waals surface area (Å²) in [5.74, 6) is -0.0741. The van der Waals surface area contributed by atoms with Crippen LogP contribution >= 0.6 is 11.3 Å². The largest absolute Gasteiger partial charge is 0.322 e. The van der Waals surface area contributed by atoms with Crippen LogP contribution in [0, 0.1) is 12.8 Å². The summed E-state index contributed by atoms with van der Waals surface area (Å²) in [6.45, 7) is 2.08. The lowest BCUT2D eigenvalue weighted by Gasteiger charge is -2.20. The van der Waals surface area contributed by atoms with Gasteiger partial charge in [-0.25, -0.2) is 4.98 Å². The molecule has 1 aliphatic carbocycles. The van der Waals surface area contributed by atoms with Gasteiger partial charge in [0.2, 0.25) is 5.91 Å². The molecule has 3 aromatic carbocycles. The van der Waals surface area contributed by atoms with Crippen LogP contribution < -0.4 is 10.2 Å².